The van der Waals surface area contributed by atoms with Gasteiger partial charge in [0.05, 0.1) is 5.41 Å². The van der Waals surface area contributed by atoms with Gasteiger partial charge in [0.25, 0.3) is 0 Å². The van der Waals surface area contributed by atoms with E-state index in [-0.39, 0.29) is 36.8 Å². The molecule has 4 aromatic rings. The van der Waals surface area contributed by atoms with Gasteiger partial charge >= 0.3 is 5.51 Å². The largest absolute Gasteiger partial charge is 1.00 e. The molecule has 0 atom stereocenters. The Morgan fingerprint density at radius 3 is 2.08 bits per heavy atom. The predicted molar refractivity (Wildman–Crippen MR) is 142 cm³/mol. The van der Waals surface area contributed by atoms with E-state index < -0.39 is 15.6 Å². The van der Waals surface area contributed by atoms with E-state index in [0.717, 1.165) is 27.6 Å². The number of rotatable bonds is 2. The topological polar surface area (TPSA) is 77.0 Å². The third-order valence-corrected chi connectivity index (χ3v) is 7.07. The fraction of sp³-hybridized carbons (Fsp3) is 0.250. The van der Waals surface area contributed by atoms with E-state index in [4.69, 9.17) is 18.0 Å². The van der Waals surface area contributed by atoms with Crippen LogP contribution in [-0.2, 0) is 22.6 Å². The summed E-state index contributed by atoms with van der Waals surface area (Å²) >= 11 is 0. The zero-order valence-corrected chi connectivity index (χ0v) is 24.0. The Morgan fingerprint density at radius 1 is 0.897 bits per heavy atom. The molecule has 0 saturated heterocycles. The summed E-state index contributed by atoms with van der Waals surface area (Å²) in [4.78, 5) is 4.88. The van der Waals surface area contributed by atoms with E-state index in [1.54, 1.807) is 0 Å². The van der Waals surface area contributed by atoms with E-state index >= 15 is 0 Å². The van der Waals surface area contributed by atoms with Crippen LogP contribution < -0.4 is 28.5 Å². The minimum absolute atomic E-state index is 0. The Bertz CT molecular complexity index is 1700. The van der Waals surface area contributed by atoms with Gasteiger partial charge in [0, 0.05) is 29.8 Å². The standard InChI is InChI=1S/C26H25N3.CHF3O3S.CH4.HI/c1-26(2)19-9-5-7-11-22(19)29(4)25(26)16-14-18-13-15-24-21(17-18)27-20-10-6-8-12-23(20)28(24)3;2-1(3,4)8(5,6)7;;/h5-17H,1-4H3;(H,5,6,7);1H4;1H/q+2;;;/p-2/b16-14+;;;. The van der Waals surface area contributed by atoms with Crippen LogP contribution in [0.25, 0.3) is 28.1 Å². The van der Waals surface area contributed by atoms with Gasteiger partial charge in [-0.25, -0.2) is 13.4 Å². The molecule has 0 saturated carbocycles. The Kier molecular flexibility index (Phi) is 9.68. The van der Waals surface area contributed by atoms with Crippen molar-refractivity contribution in [2.24, 2.45) is 7.05 Å². The molecule has 11 heteroatoms. The molecule has 0 N–H and O–H groups in total. The van der Waals surface area contributed by atoms with Crippen molar-refractivity contribution in [1.29, 1.82) is 0 Å². The second-order valence-corrected chi connectivity index (χ2v) is 10.6. The van der Waals surface area contributed by atoms with Crippen molar-refractivity contribution >= 4 is 49.7 Å². The molecule has 0 radical (unpaired) electrons. The lowest BCUT2D eigenvalue weighted by Gasteiger charge is -2.15. The summed E-state index contributed by atoms with van der Waals surface area (Å²) in [7, 11) is -1.83. The number of aromatic nitrogens is 2. The molecule has 6 nitrogen and oxygen atoms in total. The molecule has 208 valence electrons. The smallest absolute Gasteiger partial charge is 0.485 e. The van der Waals surface area contributed by atoms with Crippen LogP contribution in [0.2, 0.25) is 0 Å². The van der Waals surface area contributed by atoms with Gasteiger partial charge < -0.3 is 28.5 Å². The molecule has 5 rings (SSSR count). The van der Waals surface area contributed by atoms with E-state index in [1.807, 2.05) is 6.07 Å². The van der Waals surface area contributed by atoms with Crippen LogP contribution in [0, 0.1) is 0 Å². The molecule has 0 amide bonds. The van der Waals surface area contributed by atoms with Crippen molar-refractivity contribution in [3.63, 3.8) is 0 Å². The van der Waals surface area contributed by atoms with Crippen molar-refractivity contribution in [2.45, 2.75) is 32.2 Å². The Hall–Kier alpha value is -2.90. The summed E-state index contributed by atoms with van der Waals surface area (Å²) in [6.07, 6.45) is 4.46. The first-order chi connectivity index (χ1) is 17.2. The van der Waals surface area contributed by atoms with Gasteiger partial charge in [-0.3, -0.25) is 0 Å². The summed E-state index contributed by atoms with van der Waals surface area (Å²) in [5.74, 6) is 0. The van der Waals surface area contributed by atoms with Crippen LogP contribution in [0.15, 0.2) is 72.8 Å². The molecule has 3 aromatic carbocycles. The SMILES string of the molecule is C.C[N+]1=C(/C=C/c2ccc3c(c2)nc2ccccc2[n+]3C)C(C)(C)c2ccccc21.O=S(=O)([O-])C(F)(F)F.[I-]. The maximum absolute atomic E-state index is 10.7. The van der Waals surface area contributed by atoms with Crippen LogP contribution in [-0.4, -0.2) is 40.8 Å². The summed E-state index contributed by atoms with van der Waals surface area (Å²) < 4.78 is 63.4. The van der Waals surface area contributed by atoms with E-state index in [0.29, 0.717) is 0 Å². The number of alkyl halides is 3. The van der Waals surface area contributed by atoms with E-state index in [1.165, 1.54) is 17.0 Å². The zero-order valence-electron chi connectivity index (χ0n) is 21.0. The summed E-state index contributed by atoms with van der Waals surface area (Å²) in [5.41, 5.74) is 3.78. The van der Waals surface area contributed by atoms with Crippen molar-refractivity contribution in [2.75, 3.05) is 7.05 Å². The van der Waals surface area contributed by atoms with Gasteiger partial charge in [-0.1, -0.05) is 37.8 Å². The predicted octanol–water partition coefficient (Wildman–Crippen LogP) is 2.62. The Balaban J connectivity index is 0.000000470. The van der Waals surface area contributed by atoms with Gasteiger partial charge in [0.1, 0.15) is 25.1 Å². The minimum Gasteiger partial charge on any atom is -1.00 e. The number of halogens is 4. The third kappa shape index (κ3) is 6.30. The summed E-state index contributed by atoms with van der Waals surface area (Å²) in [5, 5.41) is 0. The number of hydrogen-bond acceptors (Lipinski definition) is 4. The molecule has 0 bridgehead atoms. The first kappa shape index (κ1) is 32.3. The fourth-order valence-corrected chi connectivity index (χ4v) is 4.60. The average Bonchev–Trinajstić information content (AvgIpc) is 3.02. The maximum Gasteiger partial charge on any atom is 0.485 e. The molecule has 1 aromatic heterocycles. The average molecular weight is 672 g/mol. The zero-order chi connectivity index (χ0) is 27.2. The number of hydrogen-bond donors (Lipinski definition) is 0. The second-order valence-electron chi connectivity index (χ2n) is 9.23. The lowest BCUT2D eigenvalue weighted by Crippen LogP contribution is -3.00. The summed E-state index contributed by atoms with van der Waals surface area (Å²) in [6, 6.07) is 23.5. The fourth-order valence-electron chi connectivity index (χ4n) is 4.60. The molecule has 0 unspecified atom stereocenters. The first-order valence-corrected chi connectivity index (χ1v) is 12.7. The highest BCUT2D eigenvalue weighted by Gasteiger charge is 2.42. The molecule has 0 spiro atoms. The number of aryl methyl sites for hydroxylation is 1. The van der Waals surface area contributed by atoms with E-state index in [2.05, 4.69) is 110 Å². The quantitative estimate of drug-likeness (QED) is 0.108. The van der Waals surface area contributed by atoms with Crippen molar-refractivity contribution in [3.8, 4) is 0 Å². The van der Waals surface area contributed by atoms with Crippen LogP contribution in [0.3, 0.4) is 0 Å². The molecule has 0 aliphatic carbocycles. The molecule has 39 heavy (non-hydrogen) atoms. The molecule has 2 heterocycles. The highest BCUT2D eigenvalue weighted by molar-refractivity contribution is 7.86. The highest BCUT2D eigenvalue weighted by Crippen LogP contribution is 2.39. The minimum atomic E-state index is -6.09. The first-order valence-electron chi connectivity index (χ1n) is 11.3. The van der Waals surface area contributed by atoms with Gasteiger partial charge in [0.2, 0.25) is 16.7 Å². The van der Waals surface area contributed by atoms with E-state index in [9.17, 15) is 13.2 Å². The third-order valence-electron chi connectivity index (χ3n) is 6.50. The van der Waals surface area contributed by atoms with Crippen molar-refractivity contribution in [1.82, 2.24) is 4.98 Å². The van der Waals surface area contributed by atoms with Gasteiger partial charge in [-0.2, -0.15) is 22.3 Å². The molecule has 0 fully saturated rings. The lowest BCUT2D eigenvalue weighted by molar-refractivity contribution is -0.617. The van der Waals surface area contributed by atoms with Crippen LogP contribution in [0.5, 0.6) is 0 Å². The number of fused-ring (bicyclic) bond motifs is 3. The summed E-state index contributed by atoms with van der Waals surface area (Å²) in [6.45, 7) is 4.59. The van der Waals surface area contributed by atoms with Crippen LogP contribution in [0.1, 0.15) is 32.4 Å². The normalized spacial score (nSPS) is 14.5. The molecule has 1 aliphatic heterocycles. The maximum atomic E-state index is 10.7. The van der Waals surface area contributed by atoms with Crippen molar-refractivity contribution in [3.05, 3.63) is 83.9 Å². The van der Waals surface area contributed by atoms with Gasteiger partial charge in [-0.05, 0) is 43.7 Å². The number of para-hydroxylation sites is 3. The monoisotopic (exact) mass is 671 g/mol. The van der Waals surface area contributed by atoms with Crippen LogP contribution in [0.4, 0.5) is 18.9 Å². The van der Waals surface area contributed by atoms with Crippen LogP contribution >= 0.6 is 0 Å². The molecule has 1 aliphatic rings. The van der Waals surface area contributed by atoms with Gasteiger partial charge in [-0.15, -0.1) is 0 Å². The van der Waals surface area contributed by atoms with Crippen molar-refractivity contribution < 1.29 is 59.3 Å². The number of allylic oxidation sites excluding steroid dienone is 1. The van der Waals surface area contributed by atoms with Gasteiger partial charge in [0.15, 0.2) is 15.8 Å². The Morgan fingerprint density at radius 2 is 1.46 bits per heavy atom. The number of benzene rings is 3. The lowest BCUT2D eigenvalue weighted by atomic mass is 9.81. The molecular formula is C28H29F3IN3O3S. The second kappa shape index (κ2) is 11.7. The number of nitrogens with zero attached hydrogens (tertiary/aromatic N) is 3. The Labute approximate surface area is 243 Å². The highest BCUT2D eigenvalue weighted by atomic mass is 127. The molecular weight excluding hydrogens is 642 g/mol.